The first-order valence-corrected chi connectivity index (χ1v) is 9.53. The van der Waals surface area contributed by atoms with E-state index in [1.54, 1.807) is 32.0 Å². The van der Waals surface area contributed by atoms with Crippen LogP contribution in [0.2, 0.25) is 10.0 Å². The zero-order valence-electron chi connectivity index (χ0n) is 15.7. The molecule has 1 unspecified atom stereocenters. The van der Waals surface area contributed by atoms with E-state index in [0.717, 1.165) is 5.56 Å². The van der Waals surface area contributed by atoms with Gasteiger partial charge in [0.15, 0.2) is 0 Å². The molecule has 0 radical (unpaired) electrons. The van der Waals surface area contributed by atoms with E-state index in [1.165, 1.54) is 10.8 Å². The second-order valence-electron chi connectivity index (χ2n) is 6.44. The second-order valence-corrected chi connectivity index (χ2v) is 7.25. The predicted molar refractivity (Wildman–Crippen MR) is 116 cm³/mol. The van der Waals surface area contributed by atoms with Gasteiger partial charge in [0.2, 0.25) is 5.88 Å². The fraction of sp³-hybridized carbons (Fsp3) is 0.136. The number of nitrogens with zero attached hydrogens (tertiary/aromatic N) is 3. The molecule has 5 nitrogen and oxygen atoms in total. The Bertz CT molecular complexity index is 1180. The van der Waals surface area contributed by atoms with Gasteiger partial charge in [0, 0.05) is 6.21 Å². The van der Waals surface area contributed by atoms with Crippen LogP contribution in [0.15, 0.2) is 58.3 Å². The fourth-order valence-electron chi connectivity index (χ4n) is 3.08. The Kier molecular flexibility index (Phi) is 6.07. The Morgan fingerprint density at radius 3 is 2.34 bits per heavy atom. The predicted octanol–water partition coefficient (Wildman–Crippen LogP) is 5.40. The molecule has 1 heterocycles. The van der Waals surface area contributed by atoms with E-state index in [9.17, 15) is 15.2 Å². The lowest BCUT2D eigenvalue weighted by atomic mass is 10.0. The van der Waals surface area contributed by atoms with Gasteiger partial charge >= 0.3 is 0 Å². The zero-order chi connectivity index (χ0) is 21.1. The van der Waals surface area contributed by atoms with Crippen LogP contribution in [0.5, 0.6) is 5.88 Å². The van der Waals surface area contributed by atoms with Crippen molar-refractivity contribution < 1.29 is 5.11 Å². The molecule has 0 spiro atoms. The number of hydrogen-bond acceptors (Lipinski definition) is 4. The summed E-state index contributed by atoms with van der Waals surface area (Å²) in [5.74, 6) is -0.283. The first kappa shape index (κ1) is 20.7. The highest BCUT2D eigenvalue weighted by Crippen LogP contribution is 2.33. The third-order valence-corrected chi connectivity index (χ3v) is 5.33. The molecule has 3 rings (SSSR count). The first-order valence-electron chi connectivity index (χ1n) is 8.78. The molecule has 3 aromatic rings. The van der Waals surface area contributed by atoms with Crippen molar-refractivity contribution in [3.05, 3.63) is 91.2 Å². The maximum atomic E-state index is 12.9. The van der Waals surface area contributed by atoms with Crippen LogP contribution in [-0.4, -0.2) is 15.9 Å². The fourth-order valence-corrected chi connectivity index (χ4v) is 3.57. The monoisotopic (exact) mass is 425 g/mol. The number of halogens is 2. The number of aromatic hydroxyl groups is 1. The molecular formula is C22H17Cl2N3O2. The number of para-hydroxylation sites is 1. The van der Waals surface area contributed by atoms with Gasteiger partial charge in [-0.15, -0.1) is 0 Å². The maximum Gasteiger partial charge on any atom is 0.272 e. The molecule has 29 heavy (non-hydrogen) atoms. The molecule has 0 aliphatic rings. The third kappa shape index (κ3) is 3.91. The molecule has 0 fully saturated rings. The topological polar surface area (TPSA) is 78.4 Å². The number of pyridine rings is 1. The van der Waals surface area contributed by atoms with Crippen LogP contribution in [0, 0.1) is 18.3 Å². The largest absolute Gasteiger partial charge is 0.494 e. The van der Waals surface area contributed by atoms with Gasteiger partial charge in [-0.2, -0.15) is 5.26 Å². The molecule has 1 atom stereocenters. The molecule has 2 aromatic carbocycles. The van der Waals surface area contributed by atoms with Gasteiger partial charge in [0.05, 0.1) is 21.7 Å². The van der Waals surface area contributed by atoms with Crippen LogP contribution >= 0.6 is 23.2 Å². The molecule has 0 aliphatic heterocycles. The average molecular weight is 426 g/mol. The summed E-state index contributed by atoms with van der Waals surface area (Å²) in [6, 6.07) is 15.7. The molecule has 1 aromatic heterocycles. The van der Waals surface area contributed by atoms with Crippen molar-refractivity contribution in [2.75, 3.05) is 0 Å². The molecular weight excluding hydrogens is 409 g/mol. The Morgan fingerprint density at radius 2 is 1.76 bits per heavy atom. The van der Waals surface area contributed by atoms with Crippen molar-refractivity contribution in [3.63, 3.8) is 0 Å². The highest BCUT2D eigenvalue weighted by Gasteiger charge is 2.22. The summed E-state index contributed by atoms with van der Waals surface area (Å²) in [5, 5.41) is 21.1. The standard InChI is InChI=1S/C22H17Cl2N3O2/c1-13-16(11-25)21(28)27(14(2)15-7-4-3-5-8-15)22(29)17(13)12-26-20-18(23)9-6-10-19(20)24/h3-10,12,14,29H,1-2H3. The van der Waals surface area contributed by atoms with Crippen LogP contribution < -0.4 is 5.56 Å². The van der Waals surface area contributed by atoms with Crippen LogP contribution in [0.25, 0.3) is 0 Å². The Morgan fingerprint density at radius 1 is 1.14 bits per heavy atom. The van der Waals surface area contributed by atoms with Crippen LogP contribution in [0.4, 0.5) is 5.69 Å². The highest BCUT2D eigenvalue weighted by atomic mass is 35.5. The molecule has 0 aliphatic carbocycles. The number of aromatic nitrogens is 1. The molecule has 0 saturated carbocycles. The third-order valence-electron chi connectivity index (χ3n) is 4.72. The molecule has 0 bridgehead atoms. The van der Waals surface area contributed by atoms with Crippen molar-refractivity contribution in [2.24, 2.45) is 4.99 Å². The summed E-state index contributed by atoms with van der Waals surface area (Å²) in [6.45, 7) is 3.37. The summed E-state index contributed by atoms with van der Waals surface area (Å²) in [6.07, 6.45) is 1.37. The van der Waals surface area contributed by atoms with Gasteiger partial charge < -0.3 is 5.11 Å². The van der Waals surface area contributed by atoms with E-state index in [1.807, 2.05) is 36.4 Å². The molecule has 7 heteroatoms. The van der Waals surface area contributed by atoms with E-state index >= 15 is 0 Å². The normalized spacial score (nSPS) is 12.1. The van der Waals surface area contributed by atoms with E-state index < -0.39 is 11.6 Å². The van der Waals surface area contributed by atoms with E-state index in [4.69, 9.17) is 23.2 Å². The number of nitriles is 1. The first-order chi connectivity index (χ1) is 13.9. The van der Waals surface area contributed by atoms with Gasteiger partial charge in [-0.25, -0.2) is 0 Å². The van der Waals surface area contributed by atoms with Crippen molar-refractivity contribution in [3.8, 4) is 11.9 Å². The van der Waals surface area contributed by atoms with Crippen molar-refractivity contribution in [1.29, 1.82) is 5.26 Å². The highest BCUT2D eigenvalue weighted by molar-refractivity contribution is 6.38. The Hall–Kier alpha value is -3.07. The average Bonchev–Trinajstić information content (AvgIpc) is 2.70. The molecule has 1 N–H and O–H groups in total. The van der Waals surface area contributed by atoms with E-state index in [-0.39, 0.29) is 17.0 Å². The van der Waals surface area contributed by atoms with E-state index in [0.29, 0.717) is 21.3 Å². The minimum atomic E-state index is -0.563. The van der Waals surface area contributed by atoms with Gasteiger partial charge in [-0.3, -0.25) is 14.4 Å². The lowest BCUT2D eigenvalue weighted by Crippen LogP contribution is -2.28. The number of rotatable bonds is 4. The molecule has 0 saturated heterocycles. The second kappa shape index (κ2) is 8.52. The lowest BCUT2D eigenvalue weighted by molar-refractivity contribution is 0.393. The molecule has 146 valence electrons. The number of hydrogen-bond donors (Lipinski definition) is 1. The number of aliphatic imine (C=N–C) groups is 1. The Labute approximate surface area is 178 Å². The maximum absolute atomic E-state index is 12.9. The van der Waals surface area contributed by atoms with Crippen LogP contribution in [0.3, 0.4) is 0 Å². The van der Waals surface area contributed by atoms with Crippen LogP contribution in [0.1, 0.15) is 35.2 Å². The Balaban J connectivity index is 2.22. The zero-order valence-corrected chi connectivity index (χ0v) is 17.2. The van der Waals surface area contributed by atoms with Gasteiger partial charge in [-0.1, -0.05) is 59.6 Å². The lowest BCUT2D eigenvalue weighted by Gasteiger charge is -2.20. The van der Waals surface area contributed by atoms with Crippen LogP contribution in [-0.2, 0) is 0 Å². The van der Waals surface area contributed by atoms with Crippen molar-refractivity contribution in [1.82, 2.24) is 4.57 Å². The van der Waals surface area contributed by atoms with Gasteiger partial charge in [0.1, 0.15) is 17.3 Å². The summed E-state index contributed by atoms with van der Waals surface area (Å²) < 4.78 is 1.19. The summed E-state index contributed by atoms with van der Waals surface area (Å²) in [4.78, 5) is 17.2. The summed E-state index contributed by atoms with van der Waals surface area (Å²) >= 11 is 12.3. The minimum Gasteiger partial charge on any atom is -0.494 e. The SMILES string of the molecule is Cc1c(C=Nc2c(Cl)cccc2Cl)c(O)n(C(C)c2ccccc2)c(=O)c1C#N. The van der Waals surface area contributed by atoms with Gasteiger partial charge in [-0.05, 0) is 37.1 Å². The van der Waals surface area contributed by atoms with Gasteiger partial charge in [0.25, 0.3) is 5.56 Å². The number of benzene rings is 2. The summed E-state index contributed by atoms with van der Waals surface area (Å²) in [5.41, 5.74) is 1.11. The minimum absolute atomic E-state index is 0.0581. The molecule has 0 amide bonds. The smallest absolute Gasteiger partial charge is 0.272 e. The van der Waals surface area contributed by atoms with Crippen molar-refractivity contribution in [2.45, 2.75) is 19.9 Å². The van der Waals surface area contributed by atoms with Crippen molar-refractivity contribution >= 4 is 35.1 Å². The van der Waals surface area contributed by atoms with E-state index in [2.05, 4.69) is 4.99 Å². The summed E-state index contributed by atoms with van der Waals surface area (Å²) in [7, 11) is 0. The quantitative estimate of drug-likeness (QED) is 0.568.